The van der Waals surface area contributed by atoms with Crippen LogP contribution in [0.3, 0.4) is 0 Å². The summed E-state index contributed by atoms with van der Waals surface area (Å²) in [7, 11) is 0. The summed E-state index contributed by atoms with van der Waals surface area (Å²) in [6.45, 7) is 1.12. The van der Waals surface area contributed by atoms with Gasteiger partial charge in [0.15, 0.2) is 6.61 Å². The molecule has 1 aromatic heterocycles. The molecule has 0 aliphatic heterocycles. The summed E-state index contributed by atoms with van der Waals surface area (Å²) >= 11 is 5.87. The Kier molecular flexibility index (Phi) is 5.23. The second-order valence-corrected chi connectivity index (χ2v) is 5.96. The summed E-state index contributed by atoms with van der Waals surface area (Å²) in [4.78, 5) is 23.2. The lowest BCUT2D eigenvalue weighted by molar-refractivity contribution is -0.147. The molecule has 1 heterocycles. The van der Waals surface area contributed by atoms with Crippen molar-refractivity contribution in [2.45, 2.75) is 13.5 Å². The zero-order chi connectivity index (χ0) is 18.7. The van der Waals surface area contributed by atoms with E-state index in [0.29, 0.717) is 11.3 Å². The van der Waals surface area contributed by atoms with E-state index in [4.69, 9.17) is 25.5 Å². The van der Waals surface area contributed by atoms with Crippen molar-refractivity contribution in [1.29, 1.82) is 0 Å². The van der Waals surface area contributed by atoms with Crippen LogP contribution in [0.15, 0.2) is 51.7 Å². The maximum absolute atomic E-state index is 13.6. The topological polar surface area (TPSA) is 65.7 Å². The Morgan fingerprint density at radius 2 is 2.04 bits per heavy atom. The molecule has 0 bridgehead atoms. The van der Waals surface area contributed by atoms with Gasteiger partial charge in [0.1, 0.15) is 23.8 Å². The minimum Gasteiger partial charge on any atom is -0.482 e. The Bertz CT molecular complexity index is 1010. The van der Waals surface area contributed by atoms with Crippen molar-refractivity contribution in [3.05, 3.63) is 74.9 Å². The first-order valence-electron chi connectivity index (χ1n) is 7.70. The highest BCUT2D eigenvalue weighted by atomic mass is 35.5. The fourth-order valence-corrected chi connectivity index (χ4v) is 2.62. The molecule has 0 radical (unpaired) electrons. The van der Waals surface area contributed by atoms with Gasteiger partial charge in [0.25, 0.3) is 0 Å². The Morgan fingerprint density at radius 1 is 1.23 bits per heavy atom. The van der Waals surface area contributed by atoms with Gasteiger partial charge < -0.3 is 13.9 Å². The SMILES string of the molecule is Cc1cc(=O)oc2cc(OCC(=O)OCc3c(F)cccc3Cl)ccc12. The van der Waals surface area contributed by atoms with E-state index in [0.717, 1.165) is 10.9 Å². The maximum Gasteiger partial charge on any atom is 0.344 e. The van der Waals surface area contributed by atoms with Crippen LogP contribution in [-0.4, -0.2) is 12.6 Å². The molecule has 0 N–H and O–H groups in total. The molecule has 0 fully saturated rings. The molecule has 0 unspecified atom stereocenters. The van der Waals surface area contributed by atoms with Gasteiger partial charge in [0.05, 0.1) is 5.02 Å². The van der Waals surface area contributed by atoms with Gasteiger partial charge in [-0.1, -0.05) is 17.7 Å². The molecule has 0 amide bonds. The predicted octanol–water partition coefficient (Wildman–Crippen LogP) is 4.02. The van der Waals surface area contributed by atoms with E-state index in [1.807, 2.05) is 0 Å². The van der Waals surface area contributed by atoms with E-state index in [1.165, 1.54) is 30.3 Å². The van der Waals surface area contributed by atoms with Crippen LogP contribution in [0.2, 0.25) is 5.02 Å². The number of ether oxygens (including phenoxy) is 2. The molecular weight excluding hydrogens is 363 g/mol. The van der Waals surface area contributed by atoms with Crippen molar-refractivity contribution in [2.24, 2.45) is 0 Å². The first kappa shape index (κ1) is 17.9. The molecule has 7 heteroatoms. The second-order valence-electron chi connectivity index (χ2n) is 5.56. The number of rotatable bonds is 5. The predicted molar refractivity (Wildman–Crippen MR) is 93.9 cm³/mol. The molecule has 3 aromatic rings. The average molecular weight is 377 g/mol. The third kappa shape index (κ3) is 4.03. The van der Waals surface area contributed by atoms with Gasteiger partial charge in [0.2, 0.25) is 0 Å². The number of halogens is 2. The molecule has 2 aromatic carbocycles. The number of carbonyl (C=O) groups excluding carboxylic acids is 1. The minimum atomic E-state index is -0.685. The van der Waals surface area contributed by atoms with Crippen LogP contribution in [0, 0.1) is 12.7 Å². The molecule has 0 aliphatic carbocycles. The van der Waals surface area contributed by atoms with Crippen LogP contribution in [-0.2, 0) is 16.1 Å². The molecule has 26 heavy (non-hydrogen) atoms. The number of carbonyl (C=O) groups is 1. The fraction of sp³-hybridized carbons (Fsp3) is 0.158. The number of benzene rings is 2. The first-order valence-corrected chi connectivity index (χ1v) is 8.07. The van der Waals surface area contributed by atoms with E-state index in [9.17, 15) is 14.0 Å². The monoisotopic (exact) mass is 376 g/mol. The lowest BCUT2D eigenvalue weighted by atomic mass is 10.1. The first-order chi connectivity index (χ1) is 12.4. The van der Waals surface area contributed by atoms with Gasteiger partial charge in [-0.25, -0.2) is 14.0 Å². The fourth-order valence-electron chi connectivity index (χ4n) is 2.40. The van der Waals surface area contributed by atoms with Crippen LogP contribution >= 0.6 is 11.6 Å². The number of aryl methyl sites for hydroxylation is 1. The molecule has 0 spiro atoms. The normalized spacial score (nSPS) is 10.7. The zero-order valence-electron chi connectivity index (χ0n) is 13.8. The van der Waals surface area contributed by atoms with Gasteiger partial charge in [-0.2, -0.15) is 0 Å². The third-order valence-electron chi connectivity index (χ3n) is 3.72. The third-order valence-corrected chi connectivity index (χ3v) is 4.07. The van der Waals surface area contributed by atoms with Crippen molar-refractivity contribution in [1.82, 2.24) is 0 Å². The Labute approximate surface area is 152 Å². The van der Waals surface area contributed by atoms with Crippen LogP contribution < -0.4 is 10.4 Å². The zero-order valence-corrected chi connectivity index (χ0v) is 14.5. The Hall–Kier alpha value is -2.86. The highest BCUT2D eigenvalue weighted by Gasteiger charge is 2.11. The standard InChI is InChI=1S/C19H14ClFO5/c1-11-7-18(22)26-17-8-12(5-6-13(11)17)24-10-19(23)25-9-14-15(20)3-2-4-16(14)21/h2-8H,9-10H2,1H3. The lowest BCUT2D eigenvalue weighted by Crippen LogP contribution is -2.15. The van der Waals surface area contributed by atoms with Crippen molar-refractivity contribution < 1.29 is 23.1 Å². The van der Waals surface area contributed by atoms with Gasteiger partial charge in [-0.3, -0.25) is 0 Å². The molecule has 0 saturated carbocycles. The van der Waals surface area contributed by atoms with Gasteiger partial charge >= 0.3 is 11.6 Å². The van der Waals surface area contributed by atoms with E-state index in [2.05, 4.69) is 0 Å². The molecule has 0 atom stereocenters. The quantitative estimate of drug-likeness (QED) is 0.497. The molecular formula is C19H14ClFO5. The minimum absolute atomic E-state index is 0.102. The lowest BCUT2D eigenvalue weighted by Gasteiger charge is -2.09. The maximum atomic E-state index is 13.6. The Balaban J connectivity index is 1.62. The van der Waals surface area contributed by atoms with Crippen molar-refractivity contribution in [3.8, 4) is 5.75 Å². The van der Waals surface area contributed by atoms with Crippen LogP contribution in [0.25, 0.3) is 11.0 Å². The molecule has 0 saturated heterocycles. The van der Waals surface area contributed by atoms with Crippen molar-refractivity contribution in [2.75, 3.05) is 6.61 Å². The van der Waals surface area contributed by atoms with Gasteiger partial charge in [-0.05, 0) is 36.8 Å². The van der Waals surface area contributed by atoms with E-state index in [1.54, 1.807) is 19.1 Å². The smallest absolute Gasteiger partial charge is 0.344 e. The number of hydrogen-bond donors (Lipinski definition) is 0. The summed E-state index contributed by atoms with van der Waals surface area (Å²) in [6, 6.07) is 10.5. The number of hydrogen-bond acceptors (Lipinski definition) is 5. The highest BCUT2D eigenvalue weighted by Crippen LogP contribution is 2.22. The Morgan fingerprint density at radius 3 is 2.81 bits per heavy atom. The summed E-state index contributed by atoms with van der Waals surface area (Å²) < 4.78 is 29.1. The highest BCUT2D eigenvalue weighted by molar-refractivity contribution is 6.31. The summed E-state index contributed by atoms with van der Waals surface area (Å²) in [5.41, 5.74) is 0.779. The summed E-state index contributed by atoms with van der Waals surface area (Å²) in [5.74, 6) is -0.895. The molecule has 5 nitrogen and oxygen atoms in total. The summed E-state index contributed by atoms with van der Waals surface area (Å²) in [6.07, 6.45) is 0. The van der Waals surface area contributed by atoms with Crippen LogP contribution in [0.1, 0.15) is 11.1 Å². The second kappa shape index (κ2) is 7.58. The number of fused-ring (bicyclic) bond motifs is 1. The largest absolute Gasteiger partial charge is 0.482 e. The number of esters is 1. The molecule has 3 rings (SSSR count). The van der Waals surface area contributed by atoms with E-state index >= 15 is 0 Å². The summed E-state index contributed by atoms with van der Waals surface area (Å²) in [5, 5.41) is 0.951. The molecule has 0 aliphatic rings. The average Bonchev–Trinajstić information content (AvgIpc) is 2.59. The van der Waals surface area contributed by atoms with E-state index in [-0.39, 0.29) is 23.8 Å². The van der Waals surface area contributed by atoms with Crippen LogP contribution in [0.4, 0.5) is 4.39 Å². The van der Waals surface area contributed by atoms with Crippen LogP contribution in [0.5, 0.6) is 5.75 Å². The van der Waals surface area contributed by atoms with Crippen molar-refractivity contribution >= 4 is 28.5 Å². The van der Waals surface area contributed by atoms with E-state index < -0.39 is 17.4 Å². The van der Waals surface area contributed by atoms with Gasteiger partial charge in [0, 0.05) is 23.1 Å². The van der Waals surface area contributed by atoms with Gasteiger partial charge in [-0.15, -0.1) is 0 Å². The molecule has 134 valence electrons. The van der Waals surface area contributed by atoms with Crippen molar-refractivity contribution in [3.63, 3.8) is 0 Å².